The molecule has 14 atom stereocenters. The lowest BCUT2D eigenvalue weighted by atomic mass is 9.63. The van der Waals surface area contributed by atoms with Crippen LogP contribution in [-0.2, 0) is 72.9 Å². The van der Waals surface area contributed by atoms with E-state index in [1.54, 1.807) is 52.3 Å². The Kier molecular flexibility index (Phi) is 22.8. The smallest absolute Gasteiger partial charge is 0.264 e. The maximum atomic E-state index is 13.7. The molecule has 600 valence electrons. The molecule has 4 saturated heterocycles. The molecule has 4 bridgehead atoms. The van der Waals surface area contributed by atoms with Crippen LogP contribution in [0.4, 0.5) is 11.4 Å². The Bertz CT molecular complexity index is 4420. The fourth-order valence-electron chi connectivity index (χ4n) is 20.7. The normalized spacial score (nSPS) is 35.5. The molecule has 2 saturated carbocycles. The number of halogens is 2. The van der Waals surface area contributed by atoms with E-state index < -0.39 is 73.2 Å². The lowest BCUT2D eigenvalue weighted by Gasteiger charge is -2.53. The van der Waals surface area contributed by atoms with Crippen LogP contribution in [0.25, 0.3) is 0 Å². The third kappa shape index (κ3) is 16.1. The number of ether oxygens (including phenoxy) is 4. The molecule has 4 aromatic rings. The largest absolute Gasteiger partial charge is 0.490 e. The van der Waals surface area contributed by atoms with Crippen LogP contribution in [0, 0.1) is 35.5 Å². The van der Waals surface area contributed by atoms with Gasteiger partial charge in [-0.2, -0.15) is 0 Å². The van der Waals surface area contributed by atoms with Gasteiger partial charge in [-0.05, 0) is 209 Å². The van der Waals surface area contributed by atoms with Gasteiger partial charge in [0, 0.05) is 150 Å². The third-order valence-electron chi connectivity index (χ3n) is 27.8. The Morgan fingerprint density at radius 3 is 1.33 bits per heavy atom. The lowest BCUT2D eigenvalue weighted by Crippen LogP contribution is -2.63. The summed E-state index contributed by atoms with van der Waals surface area (Å²) in [5, 5.41) is -0.213. The van der Waals surface area contributed by atoms with E-state index in [2.05, 4.69) is 87.4 Å². The van der Waals surface area contributed by atoms with Gasteiger partial charge in [0.05, 0.1) is 58.1 Å². The van der Waals surface area contributed by atoms with Gasteiger partial charge in [-0.25, -0.2) is 43.1 Å². The van der Waals surface area contributed by atoms with Crippen LogP contribution in [0.15, 0.2) is 97.1 Å². The summed E-state index contributed by atoms with van der Waals surface area (Å²) in [5.74, 6) is 1.11. The van der Waals surface area contributed by atoms with Crippen molar-refractivity contribution in [3.05, 3.63) is 141 Å². The van der Waals surface area contributed by atoms with Gasteiger partial charge in [0.25, 0.3) is 11.8 Å². The summed E-state index contributed by atoms with van der Waals surface area (Å²) >= 11 is 13.0. The molecule has 0 unspecified atom stereocenters. The minimum Gasteiger partial charge on any atom is -0.490 e. The summed E-state index contributed by atoms with van der Waals surface area (Å²) in [6.07, 6.45) is 19.2. The van der Waals surface area contributed by atoms with Crippen LogP contribution in [0.3, 0.4) is 0 Å². The van der Waals surface area contributed by atoms with Gasteiger partial charge < -0.3 is 28.7 Å². The lowest BCUT2D eigenvalue weighted by molar-refractivity contribution is -0.0982. The van der Waals surface area contributed by atoms with Crippen LogP contribution in [0.5, 0.6) is 11.5 Å². The van der Waals surface area contributed by atoms with E-state index in [1.165, 1.54) is 22.3 Å². The van der Waals surface area contributed by atoms with Crippen molar-refractivity contribution < 1.29 is 62.2 Å². The van der Waals surface area contributed by atoms with Crippen molar-refractivity contribution in [2.45, 2.75) is 149 Å². The molecule has 16 rings (SSSR count). The summed E-state index contributed by atoms with van der Waals surface area (Å²) in [6.45, 7) is 17.8. The van der Waals surface area contributed by atoms with Gasteiger partial charge >= 0.3 is 0 Å². The number of hydrogen-bond donors (Lipinski definition) is 2. The first kappa shape index (κ1) is 79.9. The average molecular weight is 1630 g/mol. The highest BCUT2D eigenvalue weighted by atomic mass is 35.5. The van der Waals surface area contributed by atoms with Crippen LogP contribution in [-0.4, -0.2) is 241 Å². The second-order valence-electron chi connectivity index (χ2n) is 34.5. The first-order valence-corrected chi connectivity index (χ1v) is 47.4. The van der Waals surface area contributed by atoms with Crippen LogP contribution < -0.4 is 28.7 Å². The molecule has 12 aliphatic rings. The van der Waals surface area contributed by atoms with E-state index in [0.29, 0.717) is 103 Å². The van der Waals surface area contributed by atoms with Gasteiger partial charge in [0.1, 0.15) is 22.7 Å². The fraction of sp³-hybridized carbons (Fsp3) is 0.634. The highest BCUT2D eigenvalue weighted by Gasteiger charge is 2.54. The van der Waals surface area contributed by atoms with Gasteiger partial charge in [-0.1, -0.05) is 73.5 Å². The number of aryl methyl sites for hydroxylation is 2. The number of hydrogen-bond acceptors (Lipinski definition) is 20. The number of allylic oxidation sites excluding steroid dienone is 2. The quantitative estimate of drug-likeness (QED) is 0.171. The van der Waals surface area contributed by atoms with E-state index in [0.717, 1.165) is 112 Å². The van der Waals surface area contributed by atoms with Gasteiger partial charge in [-0.3, -0.25) is 29.2 Å². The second kappa shape index (κ2) is 31.3. The maximum absolute atomic E-state index is 13.7. The van der Waals surface area contributed by atoms with E-state index in [9.17, 15) is 43.3 Å². The number of nitrogens with zero attached hydrogens (tertiary/aromatic N) is 6. The molecule has 2 N–H and O–H groups in total. The van der Waals surface area contributed by atoms with Crippen molar-refractivity contribution in [2.75, 3.05) is 152 Å². The molecular formula is C82H110Cl2N8O14S4. The van der Waals surface area contributed by atoms with Crippen LogP contribution >= 0.6 is 23.2 Å². The van der Waals surface area contributed by atoms with Crippen molar-refractivity contribution in [3.8, 4) is 11.5 Å². The highest BCUT2D eigenvalue weighted by Crippen LogP contribution is 2.53. The van der Waals surface area contributed by atoms with Gasteiger partial charge in [0.2, 0.25) is 20.0 Å². The first-order valence-electron chi connectivity index (χ1n) is 39.9. The Morgan fingerprint density at radius 1 is 0.518 bits per heavy atom. The zero-order chi connectivity index (χ0) is 77.5. The topological polar surface area (TPSA) is 251 Å². The predicted octanol–water partition coefficient (Wildman–Crippen LogP) is 9.37. The van der Waals surface area contributed by atoms with Crippen LogP contribution in [0.1, 0.15) is 135 Å². The number of sulfonamides is 2. The molecule has 110 heavy (non-hydrogen) atoms. The summed E-state index contributed by atoms with van der Waals surface area (Å²) in [5.41, 5.74) is 5.13. The van der Waals surface area contributed by atoms with Gasteiger partial charge in [-0.15, -0.1) is 0 Å². The number of sulfone groups is 2. The van der Waals surface area contributed by atoms with Crippen molar-refractivity contribution in [1.82, 2.24) is 29.0 Å². The molecule has 0 aromatic heterocycles. The number of piperazine rings is 2. The number of carbonyl (C=O) groups excluding carboxylic acids is 2. The molecule has 8 aliphatic heterocycles. The Morgan fingerprint density at radius 2 is 0.936 bits per heavy atom. The summed E-state index contributed by atoms with van der Waals surface area (Å²) < 4.78 is 137. The summed E-state index contributed by atoms with van der Waals surface area (Å²) in [4.78, 5) is 41.5. The Hall–Kier alpha value is -5.36. The Labute approximate surface area is 661 Å². The standard InChI is InChI=1S/2C41H55ClN4O7S2/c2*1-28-6-4-15-41(52-3,26-44-16-17-45-18-19-54(48,49)24-34(45)23-44)36-11-8-32(36)22-46-25-40(14-5-7-30-20-33(42)10-12-35(30)40)27-53-38-13-9-31(21-37(38)46)39(47)43-55(50,51)29(28)2/h2*4,9-10,12-13,15,20-21,28-29,32,34,36H,5-8,11,14,16-19,22-27H2,1-3H3,(H,43,47)/b2*15-4+/t28-,29+,32-,34+,36+,40-,41+;28-,29+,32-,34-,36+,40-,41+/m00/s1. The number of methoxy groups -OCH3 is 2. The number of fused-ring (bicyclic) bond motifs is 10. The molecule has 8 heterocycles. The zero-order valence-electron chi connectivity index (χ0n) is 64.4. The number of rotatable bonds is 6. The van der Waals surface area contributed by atoms with Crippen molar-refractivity contribution in [3.63, 3.8) is 0 Å². The van der Waals surface area contributed by atoms with E-state index in [1.807, 2.05) is 38.1 Å². The first-order chi connectivity index (χ1) is 52.4. The van der Waals surface area contributed by atoms with Crippen molar-refractivity contribution in [2.24, 2.45) is 35.5 Å². The monoisotopic (exact) mass is 1630 g/mol. The van der Waals surface area contributed by atoms with E-state index in [-0.39, 0.29) is 92.6 Å². The molecule has 2 spiro atoms. The van der Waals surface area contributed by atoms with E-state index in [4.69, 9.17) is 42.1 Å². The second-order valence-corrected chi connectivity index (χ2v) is 43.9. The summed E-state index contributed by atoms with van der Waals surface area (Å²) in [7, 11) is -10.6. The summed E-state index contributed by atoms with van der Waals surface area (Å²) in [6, 6.07) is 22.9. The third-order valence-corrected chi connectivity index (χ3v) is 35.5. The molecule has 6 fully saturated rings. The van der Waals surface area contributed by atoms with Crippen LogP contribution in [0.2, 0.25) is 10.0 Å². The molecule has 0 radical (unpaired) electrons. The van der Waals surface area contributed by atoms with Crippen molar-refractivity contribution in [1.29, 1.82) is 0 Å². The van der Waals surface area contributed by atoms with Crippen molar-refractivity contribution >= 4 is 86.1 Å². The number of benzene rings is 4. The average Bonchev–Trinajstić information content (AvgIpc) is 1.41. The van der Waals surface area contributed by atoms with Gasteiger partial charge in [0.15, 0.2) is 19.7 Å². The molecular weight excluding hydrogens is 1520 g/mol. The molecule has 22 nitrogen and oxygen atoms in total. The zero-order valence-corrected chi connectivity index (χ0v) is 69.2. The maximum Gasteiger partial charge on any atom is 0.264 e. The number of carbonyl (C=O) groups is 2. The Balaban J connectivity index is 0.000000175. The minimum absolute atomic E-state index is 0.0395. The fourth-order valence-corrected chi connectivity index (χ4v) is 26.8. The molecule has 28 heteroatoms. The SMILES string of the molecule is CO[C@@]1(CN2CCN3CCS(=O)(=O)C[C@@H]3C2)/C=C/C[C@H](C)[C@@H](C)S(=O)(=O)NC(=O)c2ccc3c(c2)N(C[C@@H]2CC[C@H]21)C[C@@]1(CCCc2cc(Cl)ccc21)CO3.CO[C@@]1(CN2CCN3CCS(=O)(=O)C[C@H]3C2)/C=C/C[C@H](C)[C@@H](C)S(=O)(=O)NC(=O)c2ccc3c(c2)N(C[C@@H]2CC[C@H]21)C[C@@]1(CCCc2cc(Cl)ccc21)CO3. The predicted molar refractivity (Wildman–Crippen MR) is 431 cm³/mol. The highest BCUT2D eigenvalue weighted by molar-refractivity contribution is 7.92. The number of anilines is 2. The molecule has 4 aromatic carbocycles. The number of amides is 2. The molecule has 2 amide bonds. The van der Waals surface area contributed by atoms with E-state index >= 15 is 0 Å². The molecule has 4 aliphatic carbocycles. The number of nitrogens with one attached hydrogen (secondary N) is 2. The minimum atomic E-state index is -4.01.